The largest absolute Gasteiger partial charge is 0.497 e. The molecule has 0 saturated carbocycles. The van der Waals surface area contributed by atoms with E-state index in [1.54, 1.807) is 7.11 Å². The fourth-order valence-corrected chi connectivity index (χ4v) is 2.89. The predicted octanol–water partition coefficient (Wildman–Crippen LogP) is 2.08. The monoisotopic (exact) mass is 283 g/mol. The van der Waals surface area contributed by atoms with Crippen LogP contribution in [0.4, 0.5) is 0 Å². The van der Waals surface area contributed by atoms with Crippen molar-refractivity contribution in [3.8, 4) is 5.75 Å². The van der Waals surface area contributed by atoms with Crippen molar-refractivity contribution in [2.75, 3.05) is 33.3 Å². The Labute approximate surface area is 125 Å². The summed E-state index contributed by atoms with van der Waals surface area (Å²) in [6, 6.07) is 12.9. The molecule has 4 heteroatoms. The maximum atomic E-state index is 5.27. The topological polar surface area (TPSA) is 37.4 Å². The number of piperazine rings is 1. The van der Waals surface area contributed by atoms with Gasteiger partial charge in [0.15, 0.2) is 0 Å². The van der Waals surface area contributed by atoms with Crippen molar-refractivity contribution < 1.29 is 4.74 Å². The van der Waals surface area contributed by atoms with Crippen LogP contribution in [0.25, 0.3) is 0 Å². The van der Waals surface area contributed by atoms with Crippen LogP contribution >= 0.6 is 0 Å². The lowest BCUT2D eigenvalue weighted by atomic mass is 9.97. The van der Waals surface area contributed by atoms with Gasteiger partial charge in [0.1, 0.15) is 5.75 Å². The minimum atomic E-state index is 0.279. The lowest BCUT2D eigenvalue weighted by Crippen LogP contribution is -2.45. The summed E-state index contributed by atoms with van der Waals surface area (Å²) in [5.41, 5.74) is 2.58. The normalized spacial score (nSPS) is 17.4. The van der Waals surface area contributed by atoms with E-state index < -0.39 is 0 Å². The minimum Gasteiger partial charge on any atom is -0.497 e. The number of nitrogens with one attached hydrogen (secondary N) is 1. The third-order valence-electron chi connectivity index (χ3n) is 3.97. The van der Waals surface area contributed by atoms with Crippen LogP contribution in [0.1, 0.15) is 17.2 Å². The zero-order chi connectivity index (χ0) is 14.5. The molecule has 1 fully saturated rings. The van der Waals surface area contributed by atoms with Crippen LogP contribution in [-0.2, 0) is 0 Å². The number of ether oxygens (including phenoxy) is 1. The Morgan fingerprint density at radius 1 is 1.00 bits per heavy atom. The number of methoxy groups -OCH3 is 1. The SMILES string of the molecule is COc1ccc(C(c2ccncc2)N2CCNCC2)cc1. The number of hydrogen-bond donors (Lipinski definition) is 1. The first-order chi connectivity index (χ1) is 10.4. The number of hydrogen-bond acceptors (Lipinski definition) is 4. The molecule has 0 amide bonds. The van der Waals surface area contributed by atoms with Crippen LogP contribution in [0, 0.1) is 0 Å². The van der Waals surface area contributed by atoms with Gasteiger partial charge in [-0.05, 0) is 35.4 Å². The van der Waals surface area contributed by atoms with Gasteiger partial charge in [-0.15, -0.1) is 0 Å². The molecule has 0 radical (unpaired) electrons. The summed E-state index contributed by atoms with van der Waals surface area (Å²) in [4.78, 5) is 6.66. The Bertz CT molecular complexity index is 550. The molecule has 1 aromatic carbocycles. The Kier molecular flexibility index (Phi) is 4.48. The zero-order valence-electron chi connectivity index (χ0n) is 12.3. The molecule has 21 heavy (non-hydrogen) atoms. The summed E-state index contributed by atoms with van der Waals surface area (Å²) in [6.45, 7) is 4.19. The Hall–Kier alpha value is -1.91. The molecule has 0 spiro atoms. The van der Waals surface area contributed by atoms with E-state index in [1.807, 2.05) is 24.5 Å². The van der Waals surface area contributed by atoms with Gasteiger partial charge in [-0.1, -0.05) is 12.1 Å². The Balaban J connectivity index is 1.94. The summed E-state index contributed by atoms with van der Waals surface area (Å²) < 4.78 is 5.27. The third kappa shape index (κ3) is 3.23. The van der Waals surface area contributed by atoms with E-state index in [1.165, 1.54) is 11.1 Å². The first-order valence-corrected chi connectivity index (χ1v) is 7.37. The van der Waals surface area contributed by atoms with E-state index >= 15 is 0 Å². The Morgan fingerprint density at radius 3 is 2.24 bits per heavy atom. The molecule has 2 aromatic rings. The van der Waals surface area contributed by atoms with Crippen LogP contribution in [0.2, 0.25) is 0 Å². The van der Waals surface area contributed by atoms with Crippen molar-refractivity contribution >= 4 is 0 Å². The van der Waals surface area contributed by atoms with Gasteiger partial charge in [0, 0.05) is 38.6 Å². The van der Waals surface area contributed by atoms with Gasteiger partial charge < -0.3 is 10.1 Å². The van der Waals surface area contributed by atoms with E-state index in [-0.39, 0.29) is 6.04 Å². The Morgan fingerprint density at radius 2 is 1.62 bits per heavy atom. The fraction of sp³-hybridized carbons (Fsp3) is 0.353. The summed E-state index contributed by atoms with van der Waals surface area (Å²) in [5.74, 6) is 0.896. The number of pyridine rings is 1. The average molecular weight is 283 g/mol. The molecular formula is C17H21N3O. The smallest absolute Gasteiger partial charge is 0.118 e. The van der Waals surface area contributed by atoms with Gasteiger partial charge in [-0.25, -0.2) is 0 Å². The highest BCUT2D eigenvalue weighted by Crippen LogP contribution is 2.29. The predicted molar refractivity (Wildman–Crippen MR) is 83.5 cm³/mol. The summed E-state index contributed by atoms with van der Waals surface area (Å²) >= 11 is 0. The van der Waals surface area contributed by atoms with Gasteiger partial charge in [0.2, 0.25) is 0 Å². The van der Waals surface area contributed by atoms with Crippen LogP contribution in [0.5, 0.6) is 5.75 Å². The highest BCUT2D eigenvalue weighted by molar-refractivity contribution is 5.35. The molecule has 0 bridgehead atoms. The van der Waals surface area contributed by atoms with E-state index in [0.29, 0.717) is 0 Å². The first kappa shape index (κ1) is 14.0. The van der Waals surface area contributed by atoms with Gasteiger partial charge in [0.25, 0.3) is 0 Å². The lowest BCUT2D eigenvalue weighted by Gasteiger charge is -2.35. The van der Waals surface area contributed by atoms with E-state index in [4.69, 9.17) is 4.74 Å². The lowest BCUT2D eigenvalue weighted by molar-refractivity contribution is 0.198. The second kappa shape index (κ2) is 6.70. The van der Waals surface area contributed by atoms with Gasteiger partial charge >= 0.3 is 0 Å². The maximum absolute atomic E-state index is 5.27. The van der Waals surface area contributed by atoms with Crippen molar-refractivity contribution in [3.63, 3.8) is 0 Å². The number of nitrogens with zero attached hydrogens (tertiary/aromatic N) is 2. The van der Waals surface area contributed by atoms with E-state index in [0.717, 1.165) is 31.9 Å². The summed E-state index contributed by atoms with van der Waals surface area (Å²) in [5, 5.41) is 3.42. The second-order valence-corrected chi connectivity index (χ2v) is 5.24. The van der Waals surface area contributed by atoms with Gasteiger partial charge in [-0.2, -0.15) is 0 Å². The number of rotatable bonds is 4. The number of benzene rings is 1. The highest BCUT2D eigenvalue weighted by Gasteiger charge is 2.23. The first-order valence-electron chi connectivity index (χ1n) is 7.37. The number of aromatic nitrogens is 1. The van der Waals surface area contributed by atoms with Crippen molar-refractivity contribution in [3.05, 3.63) is 59.9 Å². The van der Waals surface area contributed by atoms with E-state index in [9.17, 15) is 0 Å². The molecule has 2 heterocycles. The zero-order valence-corrected chi connectivity index (χ0v) is 12.3. The van der Waals surface area contributed by atoms with Crippen LogP contribution in [0.15, 0.2) is 48.8 Å². The molecule has 1 aliphatic heterocycles. The van der Waals surface area contributed by atoms with Crippen LogP contribution < -0.4 is 10.1 Å². The molecule has 1 saturated heterocycles. The standard InChI is InChI=1S/C17H21N3O/c1-21-16-4-2-14(3-5-16)17(15-6-8-18-9-7-15)20-12-10-19-11-13-20/h2-9,17,19H,10-13H2,1H3. The third-order valence-corrected chi connectivity index (χ3v) is 3.97. The second-order valence-electron chi connectivity index (χ2n) is 5.24. The molecule has 3 rings (SSSR count). The molecule has 1 aliphatic rings. The molecule has 4 nitrogen and oxygen atoms in total. The van der Waals surface area contributed by atoms with Crippen molar-refractivity contribution in [1.82, 2.24) is 15.2 Å². The van der Waals surface area contributed by atoms with Crippen molar-refractivity contribution in [1.29, 1.82) is 0 Å². The minimum absolute atomic E-state index is 0.279. The molecule has 1 atom stereocenters. The molecule has 0 aliphatic carbocycles. The molecule has 1 aromatic heterocycles. The van der Waals surface area contributed by atoms with E-state index in [2.05, 4.69) is 39.5 Å². The molecule has 110 valence electrons. The molecule has 1 unspecified atom stereocenters. The van der Waals surface area contributed by atoms with Gasteiger partial charge in [0.05, 0.1) is 13.2 Å². The van der Waals surface area contributed by atoms with Crippen molar-refractivity contribution in [2.45, 2.75) is 6.04 Å². The van der Waals surface area contributed by atoms with Crippen molar-refractivity contribution in [2.24, 2.45) is 0 Å². The average Bonchev–Trinajstić information content (AvgIpc) is 2.58. The van der Waals surface area contributed by atoms with Gasteiger partial charge in [-0.3, -0.25) is 9.88 Å². The quantitative estimate of drug-likeness (QED) is 0.932. The highest BCUT2D eigenvalue weighted by atomic mass is 16.5. The van der Waals surface area contributed by atoms with Crippen LogP contribution in [-0.4, -0.2) is 43.2 Å². The maximum Gasteiger partial charge on any atom is 0.118 e. The summed E-state index contributed by atoms with van der Waals surface area (Å²) in [7, 11) is 1.70. The molecule has 1 N–H and O–H groups in total. The molecular weight excluding hydrogens is 262 g/mol. The van der Waals surface area contributed by atoms with Crippen LogP contribution in [0.3, 0.4) is 0 Å². The summed E-state index contributed by atoms with van der Waals surface area (Å²) in [6.07, 6.45) is 3.74. The fourth-order valence-electron chi connectivity index (χ4n) is 2.89.